The Hall–Kier alpha value is -3.28. The van der Waals surface area contributed by atoms with E-state index >= 15 is 0 Å². The van der Waals surface area contributed by atoms with Crippen molar-refractivity contribution in [1.29, 1.82) is 0 Å². The summed E-state index contributed by atoms with van der Waals surface area (Å²) in [5.41, 5.74) is 1.17. The van der Waals surface area contributed by atoms with Crippen molar-refractivity contribution in [2.45, 2.75) is 19.9 Å². The quantitative estimate of drug-likeness (QED) is 0.574. The van der Waals surface area contributed by atoms with Crippen LogP contribution in [0, 0.1) is 0 Å². The summed E-state index contributed by atoms with van der Waals surface area (Å²) in [4.78, 5) is 25.3. The van der Waals surface area contributed by atoms with Gasteiger partial charge in [-0.05, 0) is 16.8 Å². The molecule has 0 spiro atoms. The van der Waals surface area contributed by atoms with Crippen LogP contribution in [0.2, 0.25) is 0 Å². The average Bonchev–Trinajstić information content (AvgIpc) is 3.06. The molecule has 0 aliphatic heterocycles. The smallest absolute Gasteiger partial charge is 0.284 e. The van der Waals surface area contributed by atoms with E-state index in [1.54, 1.807) is 48.5 Å². The summed E-state index contributed by atoms with van der Waals surface area (Å²) < 4.78 is 6.72. The molecule has 1 amide bonds. The average molecular weight is 336 g/mol. The van der Waals surface area contributed by atoms with Gasteiger partial charge in [0.1, 0.15) is 0 Å². The highest BCUT2D eigenvalue weighted by molar-refractivity contribution is 6.12. The predicted molar refractivity (Wildman–Crippen MR) is 91.4 cm³/mol. The van der Waals surface area contributed by atoms with Crippen LogP contribution in [0.4, 0.5) is 5.88 Å². The maximum absolute atomic E-state index is 12.9. The normalized spacial score (nSPS) is 10.7. The monoisotopic (exact) mass is 336 g/mol. The number of nitrogens with one attached hydrogen (secondary N) is 1. The first-order chi connectivity index (χ1) is 12.1. The molecule has 3 rings (SSSR count). The Labute approximate surface area is 145 Å². The van der Waals surface area contributed by atoms with Crippen molar-refractivity contribution in [3.05, 3.63) is 77.5 Å². The second-order valence-corrected chi connectivity index (χ2v) is 5.80. The van der Waals surface area contributed by atoms with Gasteiger partial charge in [0.05, 0.1) is 0 Å². The number of hydrogen-bond donors (Lipinski definition) is 1. The molecular formula is C19H18N3O3+. The van der Waals surface area contributed by atoms with Gasteiger partial charge in [-0.25, -0.2) is 0 Å². The van der Waals surface area contributed by atoms with Crippen molar-refractivity contribution in [1.82, 2.24) is 5.27 Å². The lowest BCUT2D eigenvalue weighted by molar-refractivity contribution is -0.780. The molecule has 25 heavy (non-hydrogen) atoms. The van der Waals surface area contributed by atoms with Crippen molar-refractivity contribution in [3.63, 3.8) is 0 Å². The van der Waals surface area contributed by atoms with Crippen LogP contribution in [0.3, 0.4) is 0 Å². The third kappa shape index (κ3) is 3.47. The number of carbonyl (C=O) groups is 2. The number of aromatic nitrogens is 2. The van der Waals surface area contributed by atoms with Gasteiger partial charge in [-0.15, -0.1) is 0 Å². The summed E-state index contributed by atoms with van der Waals surface area (Å²) in [5.74, 6) is -0.593. The number of carbonyl (C=O) groups excluding carboxylic acids is 2. The van der Waals surface area contributed by atoms with Gasteiger partial charge in [-0.2, -0.15) is 0 Å². The number of anilines is 1. The van der Waals surface area contributed by atoms with Gasteiger partial charge >= 0.3 is 11.6 Å². The van der Waals surface area contributed by atoms with Gasteiger partial charge in [-0.3, -0.25) is 19.4 Å². The molecule has 6 heteroatoms. The molecule has 0 saturated carbocycles. The molecule has 0 aliphatic rings. The van der Waals surface area contributed by atoms with Gasteiger partial charge in [0, 0.05) is 25.0 Å². The van der Waals surface area contributed by atoms with E-state index in [-0.39, 0.29) is 29.3 Å². The summed E-state index contributed by atoms with van der Waals surface area (Å²) in [6, 6.07) is 17.4. The Morgan fingerprint density at radius 2 is 1.52 bits per heavy atom. The van der Waals surface area contributed by atoms with Gasteiger partial charge < -0.3 is 0 Å². The molecule has 0 saturated heterocycles. The van der Waals surface area contributed by atoms with E-state index in [1.165, 1.54) is 4.68 Å². The van der Waals surface area contributed by atoms with Crippen molar-refractivity contribution < 1.29 is 18.8 Å². The number of ketones is 1. The van der Waals surface area contributed by atoms with Gasteiger partial charge in [0.2, 0.25) is 5.27 Å². The maximum atomic E-state index is 12.9. The highest BCUT2D eigenvalue weighted by Gasteiger charge is 2.35. The SMILES string of the molecule is CC(C)[n+]1noc(NC(=O)c2ccccc2)c1C(=O)c1ccccc1. The Morgan fingerprint density at radius 1 is 0.960 bits per heavy atom. The summed E-state index contributed by atoms with van der Waals surface area (Å²) in [6.45, 7) is 3.76. The summed E-state index contributed by atoms with van der Waals surface area (Å²) in [7, 11) is 0. The fourth-order valence-electron chi connectivity index (χ4n) is 2.41. The fraction of sp³-hybridized carbons (Fsp3) is 0.158. The molecule has 0 fully saturated rings. The molecule has 1 aromatic heterocycles. The van der Waals surface area contributed by atoms with Crippen LogP contribution in [-0.4, -0.2) is 17.0 Å². The van der Waals surface area contributed by atoms with Crippen molar-refractivity contribution >= 4 is 17.6 Å². The molecule has 0 radical (unpaired) electrons. The number of nitrogens with zero attached hydrogens (tertiary/aromatic N) is 2. The first kappa shape index (κ1) is 16.6. The lowest BCUT2D eigenvalue weighted by Crippen LogP contribution is -2.43. The fourth-order valence-corrected chi connectivity index (χ4v) is 2.41. The number of hydrogen-bond acceptors (Lipinski definition) is 4. The van der Waals surface area contributed by atoms with Crippen LogP contribution >= 0.6 is 0 Å². The molecule has 0 unspecified atom stereocenters. The van der Waals surface area contributed by atoms with E-state index in [9.17, 15) is 9.59 Å². The zero-order valence-corrected chi connectivity index (χ0v) is 14.0. The second-order valence-electron chi connectivity index (χ2n) is 5.80. The van der Waals surface area contributed by atoms with Crippen LogP contribution in [-0.2, 0) is 0 Å². The third-order valence-electron chi connectivity index (χ3n) is 3.67. The molecule has 3 aromatic rings. The van der Waals surface area contributed by atoms with Gasteiger partial charge in [-0.1, -0.05) is 48.5 Å². The van der Waals surface area contributed by atoms with E-state index in [0.717, 1.165) is 0 Å². The number of benzene rings is 2. The van der Waals surface area contributed by atoms with E-state index in [4.69, 9.17) is 4.52 Å². The first-order valence-electron chi connectivity index (χ1n) is 7.95. The summed E-state index contributed by atoms with van der Waals surface area (Å²) in [6.07, 6.45) is 0. The Bertz CT molecular complexity index is 887. The minimum Gasteiger partial charge on any atom is -0.284 e. The zero-order valence-electron chi connectivity index (χ0n) is 14.0. The Morgan fingerprint density at radius 3 is 2.08 bits per heavy atom. The first-order valence-corrected chi connectivity index (χ1v) is 7.95. The second kappa shape index (κ2) is 7.09. The molecule has 6 nitrogen and oxygen atoms in total. The summed E-state index contributed by atoms with van der Waals surface area (Å²) >= 11 is 0. The number of amides is 1. The minimum atomic E-state index is -0.366. The lowest BCUT2D eigenvalue weighted by atomic mass is 10.1. The van der Waals surface area contributed by atoms with Crippen LogP contribution in [0.25, 0.3) is 0 Å². The van der Waals surface area contributed by atoms with Crippen LogP contribution in [0.15, 0.2) is 65.2 Å². The van der Waals surface area contributed by atoms with Crippen LogP contribution in [0.1, 0.15) is 46.3 Å². The molecule has 0 aliphatic carbocycles. The predicted octanol–water partition coefficient (Wildman–Crippen LogP) is 3.03. The molecular weight excluding hydrogens is 318 g/mol. The molecule has 126 valence electrons. The molecule has 1 N–H and O–H groups in total. The topological polar surface area (TPSA) is 76.1 Å². The van der Waals surface area contributed by atoms with E-state index in [0.29, 0.717) is 11.1 Å². The highest BCUT2D eigenvalue weighted by atomic mass is 16.5. The molecule has 0 bridgehead atoms. The minimum absolute atomic E-state index is 0.0383. The Kier molecular flexibility index (Phi) is 4.70. The van der Waals surface area contributed by atoms with Crippen LogP contribution in [0.5, 0.6) is 0 Å². The van der Waals surface area contributed by atoms with Gasteiger partial charge in [0.15, 0.2) is 6.04 Å². The van der Waals surface area contributed by atoms with E-state index in [1.807, 2.05) is 26.0 Å². The van der Waals surface area contributed by atoms with Gasteiger partial charge in [0.25, 0.3) is 11.7 Å². The zero-order chi connectivity index (χ0) is 17.8. The van der Waals surface area contributed by atoms with Crippen molar-refractivity contribution in [2.24, 2.45) is 0 Å². The standard InChI is InChI=1S/C19H17N3O3/c1-13(2)22-16(17(23)14-9-5-3-6-10-14)19(25-21-22)20-18(24)15-11-7-4-8-12-15/h3-13H,1-2H3/p+1. The summed E-state index contributed by atoms with van der Waals surface area (Å²) in [5, 5.41) is 6.56. The molecule has 0 atom stereocenters. The largest absolute Gasteiger partial charge is 0.345 e. The van der Waals surface area contributed by atoms with E-state index < -0.39 is 0 Å². The molecule has 2 aromatic carbocycles. The molecule has 1 heterocycles. The lowest BCUT2D eigenvalue weighted by Gasteiger charge is -2.02. The maximum Gasteiger partial charge on any atom is 0.345 e. The van der Waals surface area contributed by atoms with E-state index in [2.05, 4.69) is 10.6 Å². The van der Waals surface area contributed by atoms with Crippen molar-refractivity contribution in [2.75, 3.05) is 5.32 Å². The Balaban J connectivity index is 1.98. The third-order valence-corrected chi connectivity index (χ3v) is 3.67. The highest BCUT2D eigenvalue weighted by Crippen LogP contribution is 2.18. The van der Waals surface area contributed by atoms with Crippen LogP contribution < -0.4 is 10.00 Å². The number of rotatable bonds is 5. The van der Waals surface area contributed by atoms with Crippen molar-refractivity contribution in [3.8, 4) is 0 Å².